The molecule has 0 bridgehead atoms. The predicted octanol–water partition coefficient (Wildman–Crippen LogP) is 7.18. The molecule has 6 nitrogen and oxygen atoms in total. The van der Waals surface area contributed by atoms with Crippen molar-refractivity contribution >= 4 is 44.1 Å². The highest BCUT2D eigenvalue weighted by molar-refractivity contribution is 7.22. The molecule has 0 aliphatic carbocycles. The number of fused-ring (bicyclic) bond motifs is 1. The summed E-state index contributed by atoms with van der Waals surface area (Å²) in [6.07, 6.45) is 0.885. The molecule has 0 unspecified atom stereocenters. The first kappa shape index (κ1) is 26.6. The summed E-state index contributed by atoms with van der Waals surface area (Å²) in [7, 11) is 0. The Labute approximate surface area is 232 Å². The number of ketones is 1. The van der Waals surface area contributed by atoms with Gasteiger partial charge in [0.2, 0.25) is 0 Å². The van der Waals surface area contributed by atoms with Crippen LogP contribution in [0.1, 0.15) is 62.9 Å². The summed E-state index contributed by atoms with van der Waals surface area (Å²) in [6.45, 7) is 10.9. The number of hydrogen-bond donors (Lipinski definition) is 1. The number of ether oxygens (including phenoxy) is 1. The van der Waals surface area contributed by atoms with Gasteiger partial charge in [0.05, 0.1) is 28.4 Å². The highest BCUT2D eigenvalue weighted by Crippen LogP contribution is 2.44. The van der Waals surface area contributed by atoms with Gasteiger partial charge in [-0.05, 0) is 71.8 Å². The zero-order valence-electron chi connectivity index (χ0n) is 22.8. The number of aliphatic hydroxyl groups is 1. The second kappa shape index (κ2) is 10.3. The Morgan fingerprint density at radius 3 is 2.31 bits per heavy atom. The van der Waals surface area contributed by atoms with Gasteiger partial charge in [-0.3, -0.25) is 14.5 Å². The molecule has 1 aliphatic heterocycles. The van der Waals surface area contributed by atoms with Crippen molar-refractivity contribution in [3.8, 4) is 5.75 Å². The second-order valence-electron chi connectivity index (χ2n) is 10.7. The van der Waals surface area contributed by atoms with E-state index in [1.807, 2.05) is 43.3 Å². The van der Waals surface area contributed by atoms with Gasteiger partial charge in [0.25, 0.3) is 5.78 Å². The fraction of sp³-hybridized carbons (Fsp3) is 0.281. The third kappa shape index (κ3) is 4.94. The van der Waals surface area contributed by atoms with Crippen LogP contribution < -0.4 is 9.64 Å². The smallest absolute Gasteiger partial charge is 0.301 e. The lowest BCUT2D eigenvalue weighted by Gasteiger charge is -2.24. The SMILES string of the molecule is CCOc1ccc(C(O)=C2C(=O)C(=O)N(c3nc4ccc(CC)cc4s3)[C@H]2c2ccc(C(C)(C)C)cc2)cc1. The largest absolute Gasteiger partial charge is 0.507 e. The summed E-state index contributed by atoms with van der Waals surface area (Å²) in [5, 5.41) is 11.9. The number of aromatic nitrogens is 1. The number of anilines is 1. The molecule has 1 atom stereocenters. The summed E-state index contributed by atoms with van der Waals surface area (Å²) < 4.78 is 6.46. The van der Waals surface area contributed by atoms with Gasteiger partial charge in [-0.25, -0.2) is 4.98 Å². The third-order valence-corrected chi connectivity index (χ3v) is 8.05. The van der Waals surface area contributed by atoms with Gasteiger partial charge >= 0.3 is 5.91 Å². The maximum atomic E-state index is 13.6. The fourth-order valence-electron chi connectivity index (χ4n) is 4.82. The van der Waals surface area contributed by atoms with E-state index in [4.69, 9.17) is 9.72 Å². The maximum Gasteiger partial charge on any atom is 0.301 e. The van der Waals surface area contributed by atoms with Gasteiger partial charge in [-0.2, -0.15) is 0 Å². The zero-order chi connectivity index (χ0) is 27.9. The van der Waals surface area contributed by atoms with Crippen LogP contribution in [0.15, 0.2) is 72.3 Å². The minimum atomic E-state index is -0.822. The molecule has 4 aromatic rings. The summed E-state index contributed by atoms with van der Waals surface area (Å²) in [5.41, 5.74) is 4.20. The van der Waals surface area contributed by atoms with Crippen LogP contribution in [0.5, 0.6) is 5.75 Å². The van der Waals surface area contributed by atoms with Crippen LogP contribution in [0, 0.1) is 0 Å². The molecule has 0 radical (unpaired) electrons. The van der Waals surface area contributed by atoms with Gasteiger partial charge in [-0.15, -0.1) is 0 Å². The van der Waals surface area contributed by atoms with Crippen molar-refractivity contribution in [2.24, 2.45) is 0 Å². The Kier molecular flexibility index (Phi) is 7.03. The number of Topliss-reactive ketones (excluding diaryl/α,β-unsaturated/α-hetero) is 1. The Morgan fingerprint density at radius 1 is 1.00 bits per heavy atom. The number of rotatable bonds is 6. The zero-order valence-corrected chi connectivity index (χ0v) is 23.6. The molecule has 200 valence electrons. The van der Waals surface area contributed by atoms with Gasteiger partial charge in [0.15, 0.2) is 5.13 Å². The molecule has 0 spiro atoms. The minimum Gasteiger partial charge on any atom is -0.507 e. The van der Waals surface area contributed by atoms with Crippen LogP contribution in [0.2, 0.25) is 0 Å². The number of amides is 1. The lowest BCUT2D eigenvalue weighted by atomic mass is 9.85. The van der Waals surface area contributed by atoms with Crippen molar-refractivity contribution in [3.63, 3.8) is 0 Å². The Hall–Kier alpha value is -3.97. The number of aliphatic hydroxyl groups excluding tert-OH is 1. The van der Waals surface area contributed by atoms with Crippen molar-refractivity contribution < 1.29 is 19.4 Å². The molecule has 1 N–H and O–H groups in total. The fourth-order valence-corrected chi connectivity index (χ4v) is 5.88. The van der Waals surface area contributed by atoms with Gasteiger partial charge in [0, 0.05) is 5.56 Å². The number of benzene rings is 3. The molecule has 1 aromatic heterocycles. The number of thiazole rings is 1. The van der Waals surface area contributed by atoms with Gasteiger partial charge in [0.1, 0.15) is 11.5 Å². The topological polar surface area (TPSA) is 79.7 Å². The highest BCUT2D eigenvalue weighted by atomic mass is 32.1. The number of hydrogen-bond acceptors (Lipinski definition) is 6. The molecule has 1 fully saturated rings. The van der Waals surface area contributed by atoms with Crippen LogP contribution in [0.25, 0.3) is 16.0 Å². The standard InChI is InChI=1S/C32H32N2O4S/c1-6-19-8-17-24-25(18-19)39-31(33-24)34-27(20-9-13-22(14-10-20)32(3,4)5)26(29(36)30(34)37)28(35)21-11-15-23(16-12-21)38-7-2/h8-18,27,35H,6-7H2,1-5H3/t27-/m0/s1. The van der Waals surface area contributed by atoms with E-state index >= 15 is 0 Å². The Bertz CT molecular complexity index is 1580. The van der Waals surface area contributed by atoms with Crippen LogP contribution in [0.3, 0.4) is 0 Å². The summed E-state index contributed by atoms with van der Waals surface area (Å²) in [6, 6.07) is 20.0. The summed E-state index contributed by atoms with van der Waals surface area (Å²) in [4.78, 5) is 33.3. The van der Waals surface area contributed by atoms with Gasteiger partial charge in [-0.1, -0.05) is 69.4 Å². The number of carbonyl (C=O) groups excluding carboxylic acids is 2. The van der Waals surface area contributed by atoms with Crippen LogP contribution in [-0.2, 0) is 21.4 Å². The van der Waals surface area contributed by atoms with E-state index < -0.39 is 17.7 Å². The third-order valence-electron chi connectivity index (χ3n) is 7.03. The van der Waals surface area contributed by atoms with E-state index in [-0.39, 0.29) is 16.7 Å². The van der Waals surface area contributed by atoms with E-state index in [2.05, 4.69) is 33.8 Å². The first-order valence-corrected chi connectivity index (χ1v) is 14.0. The number of carbonyl (C=O) groups is 2. The average molecular weight is 541 g/mol. The molecule has 2 heterocycles. The van der Waals surface area contributed by atoms with Crippen LogP contribution >= 0.6 is 11.3 Å². The van der Waals surface area contributed by atoms with Crippen molar-refractivity contribution in [1.82, 2.24) is 4.98 Å². The molecule has 39 heavy (non-hydrogen) atoms. The molecule has 5 rings (SSSR count). The second-order valence-corrected chi connectivity index (χ2v) is 11.7. The van der Waals surface area contributed by atoms with Crippen molar-refractivity contribution in [1.29, 1.82) is 0 Å². The van der Waals surface area contributed by atoms with Crippen LogP contribution in [0.4, 0.5) is 5.13 Å². The van der Waals surface area contributed by atoms with Crippen molar-refractivity contribution in [2.75, 3.05) is 11.5 Å². The van der Waals surface area contributed by atoms with E-state index in [9.17, 15) is 14.7 Å². The highest BCUT2D eigenvalue weighted by Gasteiger charge is 2.48. The van der Waals surface area contributed by atoms with Crippen molar-refractivity contribution in [3.05, 3.63) is 94.6 Å². The lowest BCUT2D eigenvalue weighted by Crippen LogP contribution is -2.29. The molecule has 1 amide bonds. The Morgan fingerprint density at radius 2 is 1.69 bits per heavy atom. The lowest BCUT2D eigenvalue weighted by molar-refractivity contribution is -0.132. The van der Waals surface area contributed by atoms with E-state index in [1.54, 1.807) is 24.3 Å². The molecular weight excluding hydrogens is 508 g/mol. The first-order chi connectivity index (χ1) is 18.6. The quantitative estimate of drug-likeness (QED) is 0.159. The molecule has 1 saturated heterocycles. The molecular formula is C32H32N2O4S. The van der Waals surface area contributed by atoms with Crippen molar-refractivity contribution in [2.45, 2.75) is 52.5 Å². The van der Waals surface area contributed by atoms with Gasteiger partial charge < -0.3 is 9.84 Å². The molecule has 1 aliphatic rings. The minimum absolute atomic E-state index is 0.0428. The summed E-state index contributed by atoms with van der Waals surface area (Å²) >= 11 is 1.37. The number of nitrogens with zero attached hydrogens (tertiary/aromatic N) is 2. The summed E-state index contributed by atoms with van der Waals surface area (Å²) in [5.74, 6) is -1.01. The average Bonchev–Trinajstić information content (AvgIpc) is 3.46. The maximum absolute atomic E-state index is 13.6. The molecule has 3 aromatic carbocycles. The van der Waals surface area contributed by atoms with E-state index in [0.717, 1.165) is 27.8 Å². The van der Waals surface area contributed by atoms with E-state index in [1.165, 1.54) is 21.8 Å². The molecule has 7 heteroatoms. The number of aryl methyl sites for hydroxylation is 1. The van der Waals surface area contributed by atoms with E-state index in [0.29, 0.717) is 23.1 Å². The Balaban J connectivity index is 1.67. The van der Waals surface area contributed by atoms with Crippen LogP contribution in [-0.4, -0.2) is 28.4 Å². The molecule has 0 saturated carbocycles. The normalized spacial score (nSPS) is 17.3. The first-order valence-electron chi connectivity index (χ1n) is 13.2. The predicted molar refractivity (Wildman–Crippen MR) is 157 cm³/mol. The monoisotopic (exact) mass is 540 g/mol.